The first-order chi connectivity index (χ1) is 12.1. The van der Waals surface area contributed by atoms with E-state index < -0.39 is 0 Å². The van der Waals surface area contributed by atoms with Crippen LogP contribution in [0.15, 0.2) is 18.7 Å². The Morgan fingerprint density at radius 1 is 1.00 bits per heavy atom. The Bertz CT molecular complexity index is 587. The number of urea groups is 1. The number of amides is 2. The van der Waals surface area contributed by atoms with E-state index >= 15 is 0 Å². The van der Waals surface area contributed by atoms with Gasteiger partial charge in [0.15, 0.2) is 11.5 Å². The molecule has 7 nitrogen and oxygen atoms in total. The van der Waals surface area contributed by atoms with Crippen LogP contribution in [-0.4, -0.2) is 33.4 Å². The number of carbonyl (C=O) groups excluding carboxylic acids is 1. The van der Waals surface area contributed by atoms with Crippen molar-refractivity contribution in [2.24, 2.45) is 0 Å². The van der Waals surface area contributed by atoms with Crippen LogP contribution in [0, 0.1) is 0 Å². The Morgan fingerprint density at radius 2 is 1.60 bits per heavy atom. The Hall–Kier alpha value is -2.57. The number of rotatable bonds is 7. The third-order valence-corrected chi connectivity index (χ3v) is 4.28. The number of hydrogen-bond acceptors (Lipinski definition) is 5. The van der Waals surface area contributed by atoms with E-state index in [1.54, 1.807) is 33.5 Å². The zero-order valence-corrected chi connectivity index (χ0v) is 15.1. The van der Waals surface area contributed by atoms with Gasteiger partial charge in [-0.25, -0.2) is 4.79 Å². The SMILES string of the molecule is C=C(NNC(=O)NC1CCCCC1)c1cc(OC)c(OC)c(OC)c1. The summed E-state index contributed by atoms with van der Waals surface area (Å²) in [7, 11) is 4.64. The highest BCUT2D eigenvalue weighted by molar-refractivity contribution is 5.76. The van der Waals surface area contributed by atoms with Gasteiger partial charge in [0.05, 0.1) is 27.0 Å². The van der Waals surface area contributed by atoms with Gasteiger partial charge in [0, 0.05) is 11.6 Å². The van der Waals surface area contributed by atoms with Crippen molar-refractivity contribution in [3.05, 3.63) is 24.3 Å². The van der Waals surface area contributed by atoms with Gasteiger partial charge >= 0.3 is 6.03 Å². The highest BCUT2D eigenvalue weighted by Crippen LogP contribution is 2.39. The Labute approximate surface area is 148 Å². The van der Waals surface area contributed by atoms with Crippen LogP contribution in [0.3, 0.4) is 0 Å². The van der Waals surface area contributed by atoms with E-state index in [4.69, 9.17) is 14.2 Å². The van der Waals surface area contributed by atoms with E-state index in [1.807, 2.05) is 0 Å². The lowest BCUT2D eigenvalue weighted by Gasteiger charge is -2.23. The predicted octanol–water partition coefficient (Wildman–Crippen LogP) is 2.82. The van der Waals surface area contributed by atoms with Crippen molar-refractivity contribution in [1.82, 2.24) is 16.2 Å². The Balaban J connectivity index is 1.96. The molecule has 25 heavy (non-hydrogen) atoms. The van der Waals surface area contributed by atoms with Gasteiger partial charge in [0.25, 0.3) is 0 Å². The topological polar surface area (TPSA) is 80.9 Å². The van der Waals surface area contributed by atoms with E-state index in [0.717, 1.165) is 25.7 Å². The van der Waals surface area contributed by atoms with Crippen molar-refractivity contribution in [1.29, 1.82) is 0 Å². The quantitative estimate of drug-likeness (QED) is 0.660. The van der Waals surface area contributed by atoms with Crippen LogP contribution < -0.4 is 30.4 Å². The fourth-order valence-corrected chi connectivity index (χ4v) is 2.93. The number of methoxy groups -OCH3 is 3. The van der Waals surface area contributed by atoms with Crippen LogP contribution >= 0.6 is 0 Å². The Kier molecular flexibility index (Phi) is 6.80. The van der Waals surface area contributed by atoms with E-state index in [-0.39, 0.29) is 12.1 Å². The van der Waals surface area contributed by atoms with Gasteiger partial charge in [-0.05, 0) is 25.0 Å². The predicted molar refractivity (Wildman–Crippen MR) is 96.8 cm³/mol. The van der Waals surface area contributed by atoms with Crippen LogP contribution in [0.4, 0.5) is 4.79 Å². The molecule has 1 saturated carbocycles. The van der Waals surface area contributed by atoms with E-state index in [9.17, 15) is 4.79 Å². The summed E-state index contributed by atoms with van der Waals surface area (Å²) in [5.74, 6) is 1.54. The second-order valence-corrected chi connectivity index (χ2v) is 5.95. The zero-order valence-electron chi connectivity index (χ0n) is 15.1. The molecule has 0 aliphatic heterocycles. The van der Waals surface area contributed by atoms with Crippen molar-refractivity contribution < 1.29 is 19.0 Å². The second-order valence-electron chi connectivity index (χ2n) is 5.95. The smallest absolute Gasteiger partial charge is 0.333 e. The molecule has 2 rings (SSSR count). The summed E-state index contributed by atoms with van der Waals surface area (Å²) in [5.41, 5.74) is 6.67. The first-order valence-electron chi connectivity index (χ1n) is 8.40. The summed E-state index contributed by atoms with van der Waals surface area (Å²) in [5, 5.41) is 2.97. The molecule has 0 heterocycles. The van der Waals surface area contributed by atoms with Crippen molar-refractivity contribution >= 4 is 11.7 Å². The summed E-state index contributed by atoms with van der Waals surface area (Å²) in [6.45, 7) is 3.94. The minimum Gasteiger partial charge on any atom is -0.493 e. The molecule has 3 N–H and O–H groups in total. The van der Waals surface area contributed by atoms with Gasteiger partial charge in [-0.15, -0.1) is 0 Å². The standard InChI is InChI=1S/C18H27N3O4/c1-12(20-21-18(22)19-14-8-6-5-7-9-14)13-10-15(23-2)17(25-4)16(11-13)24-3/h10-11,14,20H,1,5-9H2,2-4H3,(H2,19,21,22). The van der Waals surface area contributed by atoms with Crippen LogP contribution in [0.5, 0.6) is 17.2 Å². The van der Waals surface area contributed by atoms with Gasteiger partial charge in [-0.3, -0.25) is 10.9 Å². The van der Waals surface area contributed by atoms with Gasteiger partial charge in [-0.2, -0.15) is 0 Å². The molecule has 0 bridgehead atoms. The van der Waals surface area contributed by atoms with Crippen LogP contribution in [-0.2, 0) is 0 Å². The van der Waals surface area contributed by atoms with E-state index in [1.165, 1.54) is 6.42 Å². The molecule has 0 unspecified atom stereocenters. The average molecular weight is 349 g/mol. The van der Waals surface area contributed by atoms with Crippen molar-refractivity contribution in [2.75, 3.05) is 21.3 Å². The molecule has 1 aliphatic carbocycles. The van der Waals surface area contributed by atoms with Crippen molar-refractivity contribution in [3.63, 3.8) is 0 Å². The van der Waals surface area contributed by atoms with Crippen LogP contribution in [0.25, 0.3) is 5.70 Å². The largest absolute Gasteiger partial charge is 0.493 e. The number of nitrogens with one attached hydrogen (secondary N) is 3. The van der Waals surface area contributed by atoms with Gasteiger partial charge in [0.1, 0.15) is 0 Å². The van der Waals surface area contributed by atoms with Crippen LogP contribution in [0.1, 0.15) is 37.7 Å². The highest BCUT2D eigenvalue weighted by atomic mass is 16.5. The molecule has 7 heteroatoms. The first-order valence-corrected chi connectivity index (χ1v) is 8.40. The minimum atomic E-state index is -0.263. The first kappa shape index (κ1) is 18.8. The zero-order chi connectivity index (χ0) is 18.2. The number of ether oxygens (including phenoxy) is 3. The molecule has 1 fully saturated rings. The summed E-state index contributed by atoms with van der Waals surface area (Å²) in [6, 6.07) is 3.50. The van der Waals surface area contributed by atoms with Crippen molar-refractivity contribution in [3.8, 4) is 17.2 Å². The lowest BCUT2D eigenvalue weighted by atomic mass is 9.96. The van der Waals surface area contributed by atoms with Gasteiger partial charge < -0.3 is 19.5 Å². The van der Waals surface area contributed by atoms with Crippen LogP contribution in [0.2, 0.25) is 0 Å². The van der Waals surface area contributed by atoms with E-state index in [2.05, 4.69) is 22.7 Å². The molecular weight excluding hydrogens is 322 g/mol. The summed E-state index contributed by atoms with van der Waals surface area (Å²) >= 11 is 0. The second kappa shape index (κ2) is 9.05. The molecule has 0 atom stereocenters. The average Bonchev–Trinajstić information content (AvgIpc) is 2.65. The molecule has 2 amide bonds. The third-order valence-electron chi connectivity index (χ3n) is 4.28. The fourth-order valence-electron chi connectivity index (χ4n) is 2.93. The lowest BCUT2D eigenvalue weighted by Crippen LogP contribution is -2.47. The molecule has 0 aromatic heterocycles. The number of hydrogen-bond donors (Lipinski definition) is 3. The van der Waals surface area contributed by atoms with Gasteiger partial charge in [-0.1, -0.05) is 25.8 Å². The maximum absolute atomic E-state index is 12.0. The highest BCUT2D eigenvalue weighted by Gasteiger charge is 2.17. The number of hydrazine groups is 1. The summed E-state index contributed by atoms with van der Waals surface area (Å²) in [4.78, 5) is 12.0. The fraction of sp³-hybridized carbons (Fsp3) is 0.500. The minimum absolute atomic E-state index is 0.241. The number of benzene rings is 1. The van der Waals surface area contributed by atoms with E-state index in [0.29, 0.717) is 28.5 Å². The summed E-state index contributed by atoms with van der Waals surface area (Å²) in [6.07, 6.45) is 5.63. The maximum Gasteiger partial charge on any atom is 0.333 e. The molecular formula is C18H27N3O4. The maximum atomic E-state index is 12.0. The Morgan fingerprint density at radius 3 is 2.12 bits per heavy atom. The molecule has 138 valence electrons. The third kappa shape index (κ3) is 4.95. The van der Waals surface area contributed by atoms with Crippen molar-refractivity contribution in [2.45, 2.75) is 38.1 Å². The lowest BCUT2D eigenvalue weighted by molar-refractivity contribution is 0.230. The normalized spacial score (nSPS) is 14.4. The monoisotopic (exact) mass is 349 g/mol. The molecule has 0 saturated heterocycles. The number of carbonyl (C=O) groups is 1. The molecule has 0 radical (unpaired) electrons. The molecule has 1 aromatic carbocycles. The summed E-state index contributed by atoms with van der Waals surface area (Å²) < 4.78 is 15.9. The molecule has 1 aliphatic rings. The molecule has 0 spiro atoms. The van der Waals surface area contributed by atoms with Gasteiger partial charge in [0.2, 0.25) is 5.75 Å². The molecule has 1 aromatic rings.